The molecule has 2 aromatic heterocycles. The number of nitrogens with zero attached hydrogens (tertiary/aromatic N) is 6. The number of carbonyl (C=O) groups excluding carboxylic acids is 1. The lowest BCUT2D eigenvalue weighted by molar-refractivity contribution is 0.208. The lowest BCUT2D eigenvalue weighted by atomic mass is 10.3. The van der Waals surface area contributed by atoms with E-state index in [1.54, 1.807) is 4.68 Å². The maximum atomic E-state index is 12.4. The summed E-state index contributed by atoms with van der Waals surface area (Å²) in [5.41, 5.74) is 1.74. The number of nitrogens with one attached hydrogen (secondary N) is 1. The van der Waals surface area contributed by atoms with Crippen molar-refractivity contribution >= 4 is 17.5 Å². The van der Waals surface area contributed by atoms with Gasteiger partial charge in [-0.15, -0.1) is 10.2 Å². The molecule has 3 aromatic rings. The number of piperazine rings is 1. The molecule has 1 fully saturated rings. The molecule has 1 N–H and O–H groups in total. The monoisotopic (exact) mass is 363 g/mol. The largest absolute Gasteiger partial charge is 0.352 e. The maximum Gasteiger partial charge on any atom is 0.321 e. The summed E-state index contributed by atoms with van der Waals surface area (Å²) in [6.45, 7) is 4.65. The Balaban J connectivity index is 1.34. The van der Waals surface area contributed by atoms with E-state index in [4.69, 9.17) is 0 Å². The van der Waals surface area contributed by atoms with Crippen LogP contribution in [-0.2, 0) is 0 Å². The number of hydrogen-bond acceptors (Lipinski definition) is 5. The smallest absolute Gasteiger partial charge is 0.321 e. The molecule has 0 spiro atoms. The van der Waals surface area contributed by atoms with Gasteiger partial charge in [-0.25, -0.2) is 9.48 Å². The quantitative estimate of drug-likeness (QED) is 0.773. The van der Waals surface area contributed by atoms with Crippen molar-refractivity contribution in [3.63, 3.8) is 0 Å². The third-order valence-electron chi connectivity index (χ3n) is 4.51. The van der Waals surface area contributed by atoms with Crippen molar-refractivity contribution in [1.29, 1.82) is 0 Å². The van der Waals surface area contributed by atoms with Crippen molar-refractivity contribution in [2.45, 2.75) is 6.92 Å². The first kappa shape index (κ1) is 17.0. The molecule has 0 bridgehead atoms. The molecule has 1 aromatic carbocycles. The Kier molecular flexibility index (Phi) is 4.69. The number of urea groups is 1. The van der Waals surface area contributed by atoms with E-state index in [-0.39, 0.29) is 6.03 Å². The van der Waals surface area contributed by atoms with Crippen LogP contribution in [-0.4, -0.2) is 57.1 Å². The number of anilines is 2. The lowest BCUT2D eigenvalue weighted by Crippen LogP contribution is -2.50. The topological polar surface area (TPSA) is 79.2 Å². The molecule has 0 atom stereocenters. The number of carbonyl (C=O) groups is 1. The van der Waals surface area contributed by atoms with Gasteiger partial charge in [-0.1, -0.05) is 18.2 Å². The molecular weight excluding hydrogens is 342 g/mol. The number of amides is 2. The first-order valence-corrected chi connectivity index (χ1v) is 8.91. The van der Waals surface area contributed by atoms with Crippen LogP contribution >= 0.6 is 0 Å². The summed E-state index contributed by atoms with van der Waals surface area (Å²) in [5, 5.41) is 15.8. The highest BCUT2D eigenvalue weighted by Gasteiger charge is 2.22. The molecule has 8 heteroatoms. The molecule has 0 saturated carbocycles. The molecular formula is C19H21N7O. The number of aryl methyl sites for hydroxylation is 1. The van der Waals surface area contributed by atoms with Crippen molar-refractivity contribution in [3.8, 4) is 5.82 Å². The van der Waals surface area contributed by atoms with Crippen molar-refractivity contribution in [3.05, 3.63) is 60.4 Å². The highest BCUT2D eigenvalue weighted by molar-refractivity contribution is 5.89. The summed E-state index contributed by atoms with van der Waals surface area (Å²) in [6.07, 6.45) is 1.86. The van der Waals surface area contributed by atoms with E-state index in [9.17, 15) is 4.79 Å². The predicted molar refractivity (Wildman–Crippen MR) is 103 cm³/mol. The number of para-hydroxylation sites is 1. The van der Waals surface area contributed by atoms with E-state index in [2.05, 4.69) is 25.5 Å². The minimum Gasteiger partial charge on any atom is -0.352 e. The molecule has 0 radical (unpaired) electrons. The normalized spacial score (nSPS) is 14.3. The summed E-state index contributed by atoms with van der Waals surface area (Å²) >= 11 is 0. The van der Waals surface area contributed by atoms with Gasteiger partial charge in [-0.3, -0.25) is 0 Å². The number of rotatable bonds is 3. The van der Waals surface area contributed by atoms with E-state index in [1.807, 2.05) is 66.6 Å². The van der Waals surface area contributed by atoms with Crippen LogP contribution in [0.15, 0.2) is 54.7 Å². The molecule has 1 aliphatic heterocycles. The molecule has 27 heavy (non-hydrogen) atoms. The van der Waals surface area contributed by atoms with E-state index in [1.165, 1.54) is 0 Å². The van der Waals surface area contributed by atoms with Crippen molar-refractivity contribution < 1.29 is 4.79 Å². The van der Waals surface area contributed by atoms with Crippen molar-refractivity contribution in [2.24, 2.45) is 0 Å². The van der Waals surface area contributed by atoms with Crippen LogP contribution in [0.1, 0.15) is 5.69 Å². The third kappa shape index (κ3) is 3.89. The lowest BCUT2D eigenvalue weighted by Gasteiger charge is -2.35. The van der Waals surface area contributed by atoms with Crippen molar-refractivity contribution in [1.82, 2.24) is 24.9 Å². The molecule has 2 amide bonds. The minimum atomic E-state index is -0.0728. The van der Waals surface area contributed by atoms with Crippen LogP contribution in [0.25, 0.3) is 5.82 Å². The fourth-order valence-electron chi connectivity index (χ4n) is 3.01. The molecule has 8 nitrogen and oxygen atoms in total. The van der Waals surface area contributed by atoms with E-state index < -0.39 is 0 Å². The summed E-state index contributed by atoms with van der Waals surface area (Å²) < 4.78 is 1.71. The number of benzene rings is 1. The van der Waals surface area contributed by atoms with Gasteiger partial charge in [0.1, 0.15) is 0 Å². The molecule has 1 aliphatic rings. The Morgan fingerprint density at radius 1 is 0.926 bits per heavy atom. The summed E-state index contributed by atoms with van der Waals surface area (Å²) in [7, 11) is 0. The predicted octanol–water partition coefficient (Wildman–Crippen LogP) is 2.32. The van der Waals surface area contributed by atoms with Gasteiger partial charge in [0.05, 0.1) is 5.69 Å². The van der Waals surface area contributed by atoms with E-state index in [0.29, 0.717) is 18.9 Å². The van der Waals surface area contributed by atoms with Gasteiger partial charge >= 0.3 is 6.03 Å². The molecule has 1 saturated heterocycles. The highest BCUT2D eigenvalue weighted by atomic mass is 16.2. The van der Waals surface area contributed by atoms with Crippen LogP contribution in [0.2, 0.25) is 0 Å². The second-order valence-corrected chi connectivity index (χ2v) is 6.42. The Morgan fingerprint density at radius 2 is 1.63 bits per heavy atom. The SMILES string of the molecule is Cc1ccn(-c2ccc(N3CCN(C(=O)Nc4ccccc4)CC3)nn2)n1. The first-order chi connectivity index (χ1) is 13.2. The maximum absolute atomic E-state index is 12.4. The fraction of sp³-hybridized carbons (Fsp3) is 0.263. The van der Waals surface area contributed by atoms with E-state index in [0.717, 1.165) is 30.3 Å². The van der Waals surface area contributed by atoms with Crippen LogP contribution in [0.5, 0.6) is 0 Å². The Labute approximate surface area is 157 Å². The standard InChI is InChI=1S/C19H21N7O/c1-15-9-10-26(23-15)18-8-7-17(21-22-18)24-11-13-25(14-12-24)19(27)20-16-5-3-2-4-6-16/h2-10H,11-14H2,1H3,(H,20,27). The van der Waals surface area contributed by atoms with Gasteiger partial charge in [0, 0.05) is 38.1 Å². The zero-order valence-electron chi connectivity index (χ0n) is 15.1. The zero-order valence-corrected chi connectivity index (χ0v) is 15.1. The van der Waals surface area contributed by atoms with Gasteiger partial charge in [0.2, 0.25) is 0 Å². The molecule has 0 unspecified atom stereocenters. The van der Waals surface area contributed by atoms with E-state index >= 15 is 0 Å². The summed E-state index contributed by atoms with van der Waals surface area (Å²) in [4.78, 5) is 16.3. The van der Waals surface area contributed by atoms with Gasteiger partial charge in [0.15, 0.2) is 11.6 Å². The van der Waals surface area contributed by atoms with Crippen molar-refractivity contribution in [2.75, 3.05) is 36.4 Å². The molecule has 0 aliphatic carbocycles. The Bertz CT molecular complexity index is 899. The molecule has 3 heterocycles. The molecule has 138 valence electrons. The van der Waals surface area contributed by atoms with Gasteiger partial charge in [-0.2, -0.15) is 5.10 Å². The minimum absolute atomic E-state index is 0.0728. The average Bonchev–Trinajstić information content (AvgIpc) is 3.15. The van der Waals surface area contributed by atoms with Crippen LogP contribution in [0, 0.1) is 6.92 Å². The summed E-state index contributed by atoms with van der Waals surface area (Å²) in [5.74, 6) is 1.50. The fourth-order valence-corrected chi connectivity index (χ4v) is 3.01. The average molecular weight is 363 g/mol. The highest BCUT2D eigenvalue weighted by Crippen LogP contribution is 2.15. The Hall–Kier alpha value is -3.42. The van der Waals surface area contributed by atoms with Crippen LogP contribution < -0.4 is 10.2 Å². The van der Waals surface area contributed by atoms with Gasteiger partial charge < -0.3 is 15.1 Å². The second-order valence-electron chi connectivity index (χ2n) is 6.42. The zero-order chi connectivity index (χ0) is 18.6. The number of hydrogen-bond donors (Lipinski definition) is 1. The molecule has 4 rings (SSSR count). The van der Waals surface area contributed by atoms with Crippen LogP contribution in [0.3, 0.4) is 0 Å². The van der Waals surface area contributed by atoms with Gasteiger partial charge in [-0.05, 0) is 37.3 Å². The number of aromatic nitrogens is 4. The Morgan fingerprint density at radius 3 is 2.26 bits per heavy atom. The van der Waals surface area contributed by atoms with Crippen LogP contribution in [0.4, 0.5) is 16.3 Å². The first-order valence-electron chi connectivity index (χ1n) is 8.91. The summed E-state index contributed by atoms with van der Waals surface area (Å²) in [6, 6.07) is 15.2. The van der Waals surface area contributed by atoms with Gasteiger partial charge in [0.25, 0.3) is 0 Å². The third-order valence-corrected chi connectivity index (χ3v) is 4.51. The second kappa shape index (κ2) is 7.45.